The Morgan fingerprint density at radius 1 is 1.19 bits per heavy atom. The van der Waals surface area contributed by atoms with Gasteiger partial charge < -0.3 is 15.0 Å². The highest BCUT2D eigenvalue weighted by Crippen LogP contribution is 2.26. The molecule has 1 aliphatic heterocycles. The van der Waals surface area contributed by atoms with Crippen molar-refractivity contribution in [2.75, 3.05) is 31.2 Å². The average Bonchev–Trinajstić information content (AvgIpc) is 3.37. The van der Waals surface area contributed by atoms with Gasteiger partial charge in [-0.25, -0.2) is 4.98 Å². The molecule has 0 atom stereocenters. The van der Waals surface area contributed by atoms with E-state index >= 15 is 0 Å². The van der Waals surface area contributed by atoms with Crippen molar-refractivity contribution in [3.8, 4) is 0 Å². The van der Waals surface area contributed by atoms with Crippen LogP contribution in [0.2, 0.25) is 0 Å². The second-order valence-electron chi connectivity index (χ2n) is 5.92. The summed E-state index contributed by atoms with van der Waals surface area (Å²) in [7, 11) is 0. The summed E-state index contributed by atoms with van der Waals surface area (Å²) in [5.41, 5.74) is 2.39. The molecule has 2 fully saturated rings. The number of hydrogen-bond acceptors (Lipinski definition) is 4. The molecule has 21 heavy (non-hydrogen) atoms. The summed E-state index contributed by atoms with van der Waals surface area (Å²) in [6.07, 6.45) is 2.63. The molecule has 1 saturated heterocycles. The number of para-hydroxylation sites is 1. The Morgan fingerprint density at radius 3 is 2.81 bits per heavy atom. The van der Waals surface area contributed by atoms with Crippen LogP contribution in [0.15, 0.2) is 30.3 Å². The van der Waals surface area contributed by atoms with Crippen molar-refractivity contribution >= 4 is 16.7 Å². The molecule has 2 aromatic rings. The summed E-state index contributed by atoms with van der Waals surface area (Å²) in [6, 6.07) is 11.4. The number of nitrogens with one attached hydrogen (secondary N) is 1. The van der Waals surface area contributed by atoms with Crippen LogP contribution in [0.4, 0.5) is 5.82 Å². The largest absolute Gasteiger partial charge is 0.378 e. The zero-order valence-corrected chi connectivity index (χ0v) is 12.2. The Hall–Kier alpha value is -1.65. The van der Waals surface area contributed by atoms with E-state index in [2.05, 4.69) is 40.5 Å². The van der Waals surface area contributed by atoms with E-state index in [1.165, 1.54) is 23.8 Å². The van der Waals surface area contributed by atoms with Gasteiger partial charge in [0.25, 0.3) is 0 Å². The van der Waals surface area contributed by atoms with Gasteiger partial charge in [0.05, 0.1) is 18.7 Å². The van der Waals surface area contributed by atoms with Gasteiger partial charge >= 0.3 is 0 Å². The van der Waals surface area contributed by atoms with Gasteiger partial charge in [-0.05, 0) is 25.0 Å². The van der Waals surface area contributed by atoms with Crippen molar-refractivity contribution in [3.05, 3.63) is 35.9 Å². The van der Waals surface area contributed by atoms with E-state index in [1.807, 2.05) is 0 Å². The first-order valence-corrected chi connectivity index (χ1v) is 7.85. The van der Waals surface area contributed by atoms with Crippen LogP contribution in [-0.2, 0) is 11.3 Å². The molecule has 0 bridgehead atoms. The van der Waals surface area contributed by atoms with E-state index < -0.39 is 0 Å². The molecule has 0 spiro atoms. The predicted octanol–water partition coefficient (Wildman–Crippen LogP) is 2.32. The summed E-state index contributed by atoms with van der Waals surface area (Å²) in [5.74, 6) is 1.13. The second kappa shape index (κ2) is 5.62. The lowest BCUT2D eigenvalue weighted by Crippen LogP contribution is -2.37. The zero-order chi connectivity index (χ0) is 14.1. The van der Waals surface area contributed by atoms with E-state index in [9.17, 15) is 0 Å². The molecular formula is C17H21N3O. The number of aromatic nitrogens is 1. The highest BCUT2D eigenvalue weighted by Gasteiger charge is 2.22. The SMILES string of the molecule is c1ccc2nc(N3CCOCC3)c(CNC3CC3)cc2c1. The Morgan fingerprint density at radius 2 is 2.00 bits per heavy atom. The first kappa shape index (κ1) is 13.0. The third-order valence-corrected chi connectivity index (χ3v) is 4.25. The van der Waals surface area contributed by atoms with Gasteiger partial charge in [-0.2, -0.15) is 0 Å². The Balaban J connectivity index is 1.70. The molecule has 1 N–H and O–H groups in total. The number of benzene rings is 1. The monoisotopic (exact) mass is 283 g/mol. The lowest BCUT2D eigenvalue weighted by Gasteiger charge is -2.30. The number of morpholine rings is 1. The molecular weight excluding hydrogens is 262 g/mol. The fourth-order valence-corrected chi connectivity index (χ4v) is 2.87. The fourth-order valence-electron chi connectivity index (χ4n) is 2.87. The molecule has 110 valence electrons. The fraction of sp³-hybridized carbons (Fsp3) is 0.471. The molecule has 1 aliphatic carbocycles. The quantitative estimate of drug-likeness (QED) is 0.934. The van der Waals surface area contributed by atoms with Gasteiger partial charge in [0.15, 0.2) is 0 Å². The Bertz CT molecular complexity index is 633. The van der Waals surface area contributed by atoms with Crippen LogP contribution in [-0.4, -0.2) is 37.3 Å². The number of rotatable bonds is 4. The molecule has 4 heteroatoms. The van der Waals surface area contributed by atoms with Crippen LogP contribution in [0.3, 0.4) is 0 Å². The maximum absolute atomic E-state index is 5.47. The van der Waals surface area contributed by atoms with Crippen molar-refractivity contribution in [2.24, 2.45) is 0 Å². The summed E-state index contributed by atoms with van der Waals surface area (Å²) in [6.45, 7) is 4.37. The van der Waals surface area contributed by atoms with Crippen LogP contribution in [0, 0.1) is 0 Å². The Labute approximate surface area is 125 Å². The van der Waals surface area contributed by atoms with Gasteiger partial charge in [0.1, 0.15) is 5.82 Å². The van der Waals surface area contributed by atoms with Gasteiger partial charge in [-0.3, -0.25) is 0 Å². The van der Waals surface area contributed by atoms with Crippen LogP contribution in [0.1, 0.15) is 18.4 Å². The number of nitrogens with zero attached hydrogens (tertiary/aromatic N) is 2. The second-order valence-corrected chi connectivity index (χ2v) is 5.92. The van der Waals surface area contributed by atoms with Crippen LogP contribution < -0.4 is 10.2 Å². The number of ether oxygens (including phenoxy) is 1. The number of fused-ring (bicyclic) bond motifs is 1. The highest BCUT2D eigenvalue weighted by molar-refractivity contribution is 5.81. The maximum atomic E-state index is 5.47. The standard InChI is InChI=1S/C17H21N3O/c1-2-4-16-13(3-1)11-14(12-18-15-5-6-15)17(19-16)20-7-9-21-10-8-20/h1-4,11,15,18H,5-10,12H2. The first-order valence-electron chi connectivity index (χ1n) is 7.85. The topological polar surface area (TPSA) is 37.4 Å². The lowest BCUT2D eigenvalue weighted by molar-refractivity contribution is 0.122. The normalized spacial score (nSPS) is 19.1. The van der Waals surface area contributed by atoms with Gasteiger partial charge in [-0.1, -0.05) is 18.2 Å². The number of anilines is 1. The van der Waals surface area contributed by atoms with E-state index in [4.69, 9.17) is 9.72 Å². The van der Waals surface area contributed by atoms with Crippen molar-refractivity contribution in [1.82, 2.24) is 10.3 Å². The minimum absolute atomic E-state index is 0.717. The Kier molecular flexibility index (Phi) is 3.49. The molecule has 1 aromatic heterocycles. The molecule has 4 rings (SSSR count). The molecule has 2 aliphatic rings. The van der Waals surface area contributed by atoms with Crippen LogP contribution >= 0.6 is 0 Å². The molecule has 4 nitrogen and oxygen atoms in total. The number of pyridine rings is 1. The molecule has 0 radical (unpaired) electrons. The van der Waals surface area contributed by atoms with E-state index in [-0.39, 0.29) is 0 Å². The maximum Gasteiger partial charge on any atom is 0.133 e. The van der Waals surface area contributed by atoms with Crippen molar-refractivity contribution in [1.29, 1.82) is 0 Å². The molecule has 2 heterocycles. The van der Waals surface area contributed by atoms with E-state index in [1.54, 1.807) is 0 Å². The smallest absolute Gasteiger partial charge is 0.133 e. The summed E-state index contributed by atoms with van der Waals surface area (Å²) in [4.78, 5) is 7.29. The van der Waals surface area contributed by atoms with Crippen molar-refractivity contribution in [2.45, 2.75) is 25.4 Å². The molecule has 0 amide bonds. The van der Waals surface area contributed by atoms with Crippen molar-refractivity contribution < 1.29 is 4.74 Å². The zero-order valence-electron chi connectivity index (χ0n) is 12.2. The van der Waals surface area contributed by atoms with Crippen molar-refractivity contribution in [3.63, 3.8) is 0 Å². The molecule has 0 unspecified atom stereocenters. The summed E-state index contributed by atoms with van der Waals surface area (Å²) < 4.78 is 5.47. The van der Waals surface area contributed by atoms with E-state index in [0.717, 1.165) is 44.2 Å². The minimum atomic E-state index is 0.717. The number of hydrogen-bond donors (Lipinski definition) is 1. The third-order valence-electron chi connectivity index (χ3n) is 4.25. The highest BCUT2D eigenvalue weighted by atomic mass is 16.5. The van der Waals surface area contributed by atoms with Crippen LogP contribution in [0.5, 0.6) is 0 Å². The van der Waals surface area contributed by atoms with Gasteiger partial charge in [-0.15, -0.1) is 0 Å². The summed E-state index contributed by atoms with van der Waals surface area (Å²) in [5, 5.41) is 4.84. The minimum Gasteiger partial charge on any atom is -0.378 e. The first-order chi connectivity index (χ1) is 10.4. The van der Waals surface area contributed by atoms with Gasteiger partial charge in [0, 0.05) is 36.6 Å². The van der Waals surface area contributed by atoms with Gasteiger partial charge in [0.2, 0.25) is 0 Å². The molecule has 1 saturated carbocycles. The average molecular weight is 283 g/mol. The summed E-state index contributed by atoms with van der Waals surface area (Å²) >= 11 is 0. The third kappa shape index (κ3) is 2.87. The predicted molar refractivity (Wildman–Crippen MR) is 84.6 cm³/mol. The van der Waals surface area contributed by atoms with Crippen LogP contribution in [0.25, 0.3) is 10.9 Å². The van der Waals surface area contributed by atoms with E-state index in [0.29, 0.717) is 6.04 Å². The lowest BCUT2D eigenvalue weighted by atomic mass is 10.1. The molecule has 1 aromatic carbocycles.